The lowest BCUT2D eigenvalue weighted by atomic mass is 9.87. The monoisotopic (exact) mass is 358 g/mol. The highest BCUT2D eigenvalue weighted by molar-refractivity contribution is 7.99. The van der Waals surface area contributed by atoms with Crippen LogP contribution in [0.15, 0.2) is 12.3 Å². The summed E-state index contributed by atoms with van der Waals surface area (Å²) in [5.41, 5.74) is 1.29. The van der Waals surface area contributed by atoms with E-state index in [1.54, 1.807) is 0 Å². The quantitative estimate of drug-likeness (QED) is 0.468. The van der Waals surface area contributed by atoms with Crippen molar-refractivity contribution in [2.75, 3.05) is 31.1 Å². The van der Waals surface area contributed by atoms with Crippen LogP contribution in [0, 0.1) is 5.92 Å². The van der Waals surface area contributed by atoms with Gasteiger partial charge in [0.25, 0.3) is 0 Å². The van der Waals surface area contributed by atoms with Gasteiger partial charge in [-0.1, -0.05) is 27.4 Å². The smallest absolute Gasteiger partial charge is 0.0926 e. The Morgan fingerprint density at radius 1 is 1.21 bits per heavy atom. The van der Waals surface area contributed by atoms with Crippen LogP contribution in [0.2, 0.25) is 0 Å². The van der Waals surface area contributed by atoms with Crippen LogP contribution in [0.4, 0.5) is 0 Å². The van der Waals surface area contributed by atoms with Crippen molar-refractivity contribution in [3.8, 4) is 0 Å². The maximum atomic E-state index is 9.95. The molecule has 24 heavy (non-hydrogen) atoms. The van der Waals surface area contributed by atoms with Crippen LogP contribution in [-0.4, -0.2) is 64.5 Å². The number of nitrogens with zero attached hydrogens (tertiary/aromatic N) is 1. The third-order valence-corrected chi connectivity index (χ3v) is 6.02. The number of aliphatic hydroxyl groups excluding tert-OH is 2. The largest absolute Gasteiger partial charge is 0.390 e. The number of hydrogen-bond acceptors (Lipinski definition) is 5. The van der Waals surface area contributed by atoms with E-state index >= 15 is 0 Å². The average molecular weight is 359 g/mol. The summed E-state index contributed by atoms with van der Waals surface area (Å²) in [4.78, 5) is 2.44. The molecule has 0 saturated carbocycles. The summed E-state index contributed by atoms with van der Waals surface area (Å²) in [6, 6.07) is 0.315. The first-order chi connectivity index (χ1) is 11.5. The predicted molar refractivity (Wildman–Crippen MR) is 105 cm³/mol. The minimum absolute atomic E-state index is 0.116. The number of rotatable bonds is 12. The van der Waals surface area contributed by atoms with Crippen molar-refractivity contribution in [1.29, 1.82) is 0 Å². The molecule has 0 aliphatic carbocycles. The van der Waals surface area contributed by atoms with Crippen molar-refractivity contribution in [3.05, 3.63) is 12.3 Å². The predicted octanol–water partition coefficient (Wildman–Crippen LogP) is 2.86. The van der Waals surface area contributed by atoms with Gasteiger partial charge in [-0.3, -0.25) is 0 Å². The first kappa shape index (κ1) is 21.8. The molecule has 1 aliphatic heterocycles. The molecule has 0 spiro atoms. The molecule has 1 fully saturated rings. The van der Waals surface area contributed by atoms with E-state index in [1.165, 1.54) is 25.0 Å². The zero-order valence-electron chi connectivity index (χ0n) is 15.8. The zero-order valence-corrected chi connectivity index (χ0v) is 16.7. The lowest BCUT2D eigenvalue weighted by Gasteiger charge is -2.37. The Morgan fingerprint density at radius 2 is 1.88 bits per heavy atom. The Balaban J connectivity index is 2.12. The van der Waals surface area contributed by atoms with E-state index in [0.29, 0.717) is 12.6 Å². The molecule has 5 heteroatoms. The molecule has 142 valence electrons. The minimum atomic E-state index is -0.621. The molecule has 1 aliphatic rings. The van der Waals surface area contributed by atoms with Crippen LogP contribution < -0.4 is 5.32 Å². The molecule has 0 bridgehead atoms. The van der Waals surface area contributed by atoms with Crippen LogP contribution in [0.25, 0.3) is 0 Å². The second kappa shape index (κ2) is 12.2. The van der Waals surface area contributed by atoms with Crippen molar-refractivity contribution in [2.45, 2.75) is 71.1 Å². The molecule has 4 atom stereocenters. The summed E-state index contributed by atoms with van der Waals surface area (Å²) in [5.74, 6) is 2.38. The van der Waals surface area contributed by atoms with Crippen molar-refractivity contribution < 1.29 is 10.2 Å². The molecule has 4 nitrogen and oxygen atoms in total. The van der Waals surface area contributed by atoms with Gasteiger partial charge in [-0.2, -0.15) is 11.8 Å². The summed E-state index contributed by atoms with van der Waals surface area (Å²) in [5, 5.41) is 23.0. The topological polar surface area (TPSA) is 55.7 Å². The first-order valence-electron chi connectivity index (χ1n) is 9.61. The molecule has 4 unspecified atom stereocenters. The lowest BCUT2D eigenvalue weighted by molar-refractivity contribution is -0.0461. The molecule has 0 aromatic rings. The highest BCUT2D eigenvalue weighted by Crippen LogP contribution is 2.21. The van der Waals surface area contributed by atoms with E-state index in [0.717, 1.165) is 37.4 Å². The molecule has 0 radical (unpaired) electrons. The van der Waals surface area contributed by atoms with Gasteiger partial charge >= 0.3 is 0 Å². The maximum absolute atomic E-state index is 9.95. The summed E-state index contributed by atoms with van der Waals surface area (Å²) >= 11 is 1.99. The van der Waals surface area contributed by atoms with Gasteiger partial charge < -0.3 is 20.4 Å². The Kier molecular flexibility index (Phi) is 11.1. The number of piperidine rings is 1. The SMILES string of the molecule is C=C(CCCSCCC1NCC(O)C(O)C1C)N(CCC)CCC. The Hall–Kier alpha value is -0.230. The molecule has 3 N–H and O–H groups in total. The van der Waals surface area contributed by atoms with Gasteiger partial charge in [-0.25, -0.2) is 0 Å². The average Bonchev–Trinajstić information content (AvgIpc) is 2.57. The third-order valence-electron chi connectivity index (χ3n) is 4.92. The second-order valence-corrected chi connectivity index (χ2v) is 8.21. The van der Waals surface area contributed by atoms with Gasteiger partial charge in [-0.05, 0) is 49.5 Å². The second-order valence-electron chi connectivity index (χ2n) is 6.99. The fourth-order valence-electron chi connectivity index (χ4n) is 3.35. The van der Waals surface area contributed by atoms with E-state index in [2.05, 4.69) is 30.6 Å². The molecule has 1 rings (SSSR count). The van der Waals surface area contributed by atoms with Crippen molar-refractivity contribution in [1.82, 2.24) is 10.2 Å². The molecule has 0 aromatic carbocycles. The summed E-state index contributed by atoms with van der Waals surface area (Å²) in [6.45, 7) is 13.5. The number of hydrogen-bond donors (Lipinski definition) is 3. The van der Waals surface area contributed by atoms with Gasteiger partial charge in [0, 0.05) is 31.4 Å². The van der Waals surface area contributed by atoms with E-state index < -0.39 is 12.2 Å². The number of allylic oxidation sites excluding steroid dienone is 1. The standard InChI is InChI=1S/C19H38N2O2S/c1-5-10-21(11-6-2)15(3)8-7-12-24-13-9-17-16(4)19(23)18(22)14-20-17/h16-20,22-23H,3,5-14H2,1-2,4H3. The Bertz CT molecular complexity index is 348. The molecule has 0 amide bonds. The van der Waals surface area contributed by atoms with Gasteiger partial charge in [-0.15, -0.1) is 0 Å². The van der Waals surface area contributed by atoms with Gasteiger partial charge in [0.2, 0.25) is 0 Å². The highest BCUT2D eigenvalue weighted by Gasteiger charge is 2.33. The van der Waals surface area contributed by atoms with Crippen LogP contribution in [0.3, 0.4) is 0 Å². The van der Waals surface area contributed by atoms with Crippen LogP contribution in [0.1, 0.15) is 52.9 Å². The number of nitrogens with one attached hydrogen (secondary N) is 1. The number of β-amino-alcohol motifs (C(OH)–C–C–N with tert-alkyl or cyclic N) is 1. The van der Waals surface area contributed by atoms with Gasteiger partial charge in [0.1, 0.15) is 0 Å². The van der Waals surface area contributed by atoms with E-state index in [9.17, 15) is 10.2 Å². The van der Waals surface area contributed by atoms with Crippen molar-refractivity contribution >= 4 is 11.8 Å². The molecule has 0 aromatic heterocycles. The minimum Gasteiger partial charge on any atom is -0.390 e. The molecule has 1 heterocycles. The van der Waals surface area contributed by atoms with Gasteiger partial charge in [0.05, 0.1) is 12.2 Å². The summed E-state index contributed by atoms with van der Waals surface area (Å²) in [6.07, 6.45) is 4.48. The van der Waals surface area contributed by atoms with Crippen LogP contribution in [-0.2, 0) is 0 Å². The first-order valence-corrected chi connectivity index (χ1v) is 10.8. The van der Waals surface area contributed by atoms with Gasteiger partial charge in [0.15, 0.2) is 0 Å². The lowest BCUT2D eigenvalue weighted by Crippen LogP contribution is -2.55. The summed E-state index contributed by atoms with van der Waals surface area (Å²) < 4.78 is 0. The van der Waals surface area contributed by atoms with Crippen molar-refractivity contribution in [2.24, 2.45) is 5.92 Å². The molecular weight excluding hydrogens is 320 g/mol. The highest BCUT2D eigenvalue weighted by atomic mass is 32.2. The molecule has 1 saturated heterocycles. The Morgan fingerprint density at radius 3 is 2.50 bits per heavy atom. The normalized spacial score (nSPS) is 27.2. The summed E-state index contributed by atoms with van der Waals surface area (Å²) in [7, 11) is 0. The van der Waals surface area contributed by atoms with Crippen molar-refractivity contribution in [3.63, 3.8) is 0 Å². The third kappa shape index (κ3) is 7.34. The fraction of sp³-hybridized carbons (Fsp3) is 0.895. The van der Waals surface area contributed by atoms with E-state index in [1.807, 2.05) is 18.7 Å². The fourth-order valence-corrected chi connectivity index (χ4v) is 4.32. The Labute approximate surface area is 153 Å². The van der Waals surface area contributed by atoms with Crippen LogP contribution in [0.5, 0.6) is 0 Å². The van der Waals surface area contributed by atoms with E-state index in [-0.39, 0.29) is 5.92 Å². The number of aliphatic hydroxyl groups is 2. The van der Waals surface area contributed by atoms with E-state index in [4.69, 9.17) is 0 Å². The zero-order chi connectivity index (χ0) is 17.9. The van der Waals surface area contributed by atoms with Crippen LogP contribution >= 0.6 is 11.8 Å². The number of thioether (sulfide) groups is 1. The maximum Gasteiger partial charge on any atom is 0.0926 e. The molecular formula is C19H38N2O2S.